The first-order valence-corrected chi connectivity index (χ1v) is 13.6. The van der Waals surface area contributed by atoms with Crippen molar-refractivity contribution in [3.05, 3.63) is 88.0 Å². The summed E-state index contributed by atoms with van der Waals surface area (Å²) in [5.74, 6) is 0.656. The smallest absolute Gasteiger partial charge is 0.263 e. The third-order valence-electron chi connectivity index (χ3n) is 6.30. The van der Waals surface area contributed by atoms with Crippen molar-refractivity contribution in [3.8, 4) is 11.1 Å². The number of rotatable bonds is 7. The van der Waals surface area contributed by atoms with E-state index in [1.807, 2.05) is 42.5 Å². The lowest BCUT2D eigenvalue weighted by molar-refractivity contribution is -0.113. The zero-order valence-electron chi connectivity index (χ0n) is 19.6. The van der Waals surface area contributed by atoms with Crippen molar-refractivity contribution in [2.75, 3.05) is 11.1 Å². The number of amides is 1. The maximum atomic E-state index is 13.4. The molecule has 1 amide bonds. The van der Waals surface area contributed by atoms with Crippen molar-refractivity contribution in [3.63, 3.8) is 0 Å². The predicted octanol–water partition coefficient (Wildman–Crippen LogP) is 6.17. The molecule has 35 heavy (non-hydrogen) atoms. The molecule has 1 N–H and O–H groups in total. The maximum Gasteiger partial charge on any atom is 0.263 e. The van der Waals surface area contributed by atoms with E-state index < -0.39 is 0 Å². The summed E-state index contributed by atoms with van der Waals surface area (Å²) in [4.78, 5) is 33.0. The number of nitrogens with one attached hydrogen (secondary N) is 1. The molecule has 1 aliphatic carbocycles. The number of nitrogens with zero attached hydrogens (tertiary/aromatic N) is 2. The van der Waals surface area contributed by atoms with Gasteiger partial charge in [0, 0.05) is 17.1 Å². The first-order valence-electron chi connectivity index (χ1n) is 11.8. The van der Waals surface area contributed by atoms with E-state index in [1.165, 1.54) is 22.2 Å². The normalized spacial score (nSPS) is 15.1. The molecule has 0 spiro atoms. The van der Waals surface area contributed by atoms with Gasteiger partial charge in [0.2, 0.25) is 5.91 Å². The Morgan fingerprint density at radius 3 is 2.69 bits per heavy atom. The topological polar surface area (TPSA) is 64.0 Å². The van der Waals surface area contributed by atoms with Crippen LogP contribution < -0.4 is 10.9 Å². The van der Waals surface area contributed by atoms with Gasteiger partial charge in [-0.1, -0.05) is 67.2 Å². The van der Waals surface area contributed by atoms with Crippen LogP contribution in [0.4, 0.5) is 5.69 Å². The van der Waals surface area contributed by atoms with Gasteiger partial charge in [-0.25, -0.2) is 4.98 Å². The third kappa shape index (κ3) is 4.97. The van der Waals surface area contributed by atoms with E-state index in [2.05, 4.69) is 31.0 Å². The van der Waals surface area contributed by atoms with Crippen LogP contribution >= 0.6 is 23.1 Å². The van der Waals surface area contributed by atoms with Crippen molar-refractivity contribution in [1.29, 1.82) is 0 Å². The SMILES string of the molecule is C=CCn1c(SCC(=O)Nc2ccc(-c3ccccc3)cc2)nc2sc3c(c2c1=O)CCC(C)C3. The van der Waals surface area contributed by atoms with E-state index >= 15 is 0 Å². The van der Waals surface area contributed by atoms with Crippen molar-refractivity contribution < 1.29 is 4.79 Å². The van der Waals surface area contributed by atoms with Gasteiger partial charge in [-0.2, -0.15) is 0 Å². The highest BCUT2D eigenvalue weighted by Crippen LogP contribution is 2.36. The van der Waals surface area contributed by atoms with Crippen LogP contribution in [-0.2, 0) is 24.2 Å². The number of allylic oxidation sites excluding steroid dienone is 1. The number of anilines is 1. The highest BCUT2D eigenvalue weighted by Gasteiger charge is 2.24. The second-order valence-corrected chi connectivity index (χ2v) is 10.9. The number of carbonyl (C=O) groups is 1. The minimum Gasteiger partial charge on any atom is -0.325 e. The summed E-state index contributed by atoms with van der Waals surface area (Å²) in [5, 5.41) is 4.26. The van der Waals surface area contributed by atoms with E-state index in [1.54, 1.807) is 22.0 Å². The lowest BCUT2D eigenvalue weighted by Gasteiger charge is -2.17. The fraction of sp³-hybridized carbons (Fsp3) is 0.250. The van der Waals surface area contributed by atoms with E-state index in [0.717, 1.165) is 46.3 Å². The first kappa shape index (κ1) is 23.6. The number of hydrogen-bond acceptors (Lipinski definition) is 5. The van der Waals surface area contributed by atoms with Gasteiger partial charge in [0.05, 0.1) is 11.1 Å². The zero-order valence-corrected chi connectivity index (χ0v) is 21.3. The van der Waals surface area contributed by atoms with Crippen LogP contribution in [0.15, 0.2) is 77.2 Å². The molecule has 0 saturated carbocycles. The maximum absolute atomic E-state index is 13.4. The number of benzene rings is 2. The Hall–Kier alpha value is -3.16. The van der Waals surface area contributed by atoms with Crippen LogP contribution in [0.3, 0.4) is 0 Å². The Kier molecular flexibility index (Phi) is 6.88. The van der Waals surface area contributed by atoms with Crippen LogP contribution in [0.5, 0.6) is 0 Å². The molecular weight excluding hydrogens is 474 g/mol. The minimum absolute atomic E-state index is 0.0265. The molecule has 0 radical (unpaired) electrons. The quantitative estimate of drug-likeness (QED) is 0.187. The van der Waals surface area contributed by atoms with Crippen molar-refractivity contribution >= 4 is 44.9 Å². The minimum atomic E-state index is -0.138. The summed E-state index contributed by atoms with van der Waals surface area (Å²) in [6.07, 6.45) is 4.74. The number of hydrogen-bond donors (Lipinski definition) is 1. The first-order chi connectivity index (χ1) is 17.0. The van der Waals surface area contributed by atoms with Gasteiger partial charge in [-0.3, -0.25) is 14.2 Å². The predicted molar refractivity (Wildman–Crippen MR) is 146 cm³/mol. The van der Waals surface area contributed by atoms with Gasteiger partial charge >= 0.3 is 0 Å². The molecule has 2 heterocycles. The molecule has 2 aromatic heterocycles. The third-order valence-corrected chi connectivity index (χ3v) is 8.42. The molecule has 5 nitrogen and oxygen atoms in total. The lowest BCUT2D eigenvalue weighted by atomic mass is 9.89. The molecule has 0 fully saturated rings. The summed E-state index contributed by atoms with van der Waals surface area (Å²) in [5.41, 5.74) is 4.11. The standard InChI is InChI=1S/C28H27N3O2S2/c1-3-15-31-27(33)25-22-14-9-18(2)16-23(22)35-26(25)30-28(31)34-17-24(32)29-21-12-10-20(11-13-21)19-7-5-4-6-8-19/h3-8,10-13,18H,1,9,14-17H2,2H3,(H,29,32). The van der Waals surface area contributed by atoms with Gasteiger partial charge in [0.15, 0.2) is 5.16 Å². The van der Waals surface area contributed by atoms with Gasteiger partial charge in [-0.15, -0.1) is 17.9 Å². The Morgan fingerprint density at radius 1 is 1.20 bits per heavy atom. The average Bonchev–Trinajstić information content (AvgIpc) is 3.23. The molecular formula is C28H27N3O2S2. The monoisotopic (exact) mass is 501 g/mol. The summed E-state index contributed by atoms with van der Waals surface area (Å²) in [7, 11) is 0. The van der Waals surface area contributed by atoms with E-state index in [-0.39, 0.29) is 17.2 Å². The summed E-state index contributed by atoms with van der Waals surface area (Å²) in [6.45, 7) is 6.43. The molecule has 0 aliphatic heterocycles. The van der Waals surface area contributed by atoms with Crippen LogP contribution in [-0.4, -0.2) is 21.2 Å². The Balaban J connectivity index is 1.33. The number of fused-ring (bicyclic) bond motifs is 3. The lowest BCUT2D eigenvalue weighted by Crippen LogP contribution is -2.24. The summed E-state index contributed by atoms with van der Waals surface area (Å²) >= 11 is 2.92. The molecule has 0 bridgehead atoms. The van der Waals surface area contributed by atoms with Crippen molar-refractivity contribution in [1.82, 2.24) is 9.55 Å². The number of thiophene rings is 1. The van der Waals surface area contributed by atoms with Crippen molar-refractivity contribution in [2.45, 2.75) is 37.9 Å². The molecule has 1 atom stereocenters. The van der Waals surface area contributed by atoms with Gasteiger partial charge < -0.3 is 5.32 Å². The Morgan fingerprint density at radius 2 is 1.94 bits per heavy atom. The molecule has 1 unspecified atom stereocenters. The highest BCUT2D eigenvalue weighted by molar-refractivity contribution is 7.99. The fourth-order valence-electron chi connectivity index (χ4n) is 4.51. The van der Waals surface area contributed by atoms with E-state index in [9.17, 15) is 9.59 Å². The molecule has 5 rings (SSSR count). The number of aromatic nitrogens is 2. The second-order valence-electron chi connectivity index (χ2n) is 8.91. The van der Waals surface area contributed by atoms with Crippen molar-refractivity contribution in [2.24, 2.45) is 5.92 Å². The van der Waals surface area contributed by atoms with E-state index in [0.29, 0.717) is 17.6 Å². The Labute approximate surface area is 212 Å². The molecule has 7 heteroatoms. The molecule has 4 aromatic rings. The highest BCUT2D eigenvalue weighted by atomic mass is 32.2. The number of carbonyl (C=O) groups excluding carboxylic acids is 1. The Bertz CT molecular complexity index is 1440. The van der Waals surface area contributed by atoms with Gasteiger partial charge in [-0.05, 0) is 54.0 Å². The van der Waals surface area contributed by atoms with Gasteiger partial charge in [0.25, 0.3) is 5.56 Å². The zero-order chi connectivity index (χ0) is 24.4. The second kappa shape index (κ2) is 10.2. The number of aryl methyl sites for hydroxylation is 1. The fourth-order valence-corrected chi connectivity index (χ4v) is 6.74. The molecule has 2 aromatic carbocycles. The molecule has 178 valence electrons. The van der Waals surface area contributed by atoms with Crippen LogP contribution in [0.1, 0.15) is 23.8 Å². The number of thioether (sulfide) groups is 1. The summed E-state index contributed by atoms with van der Waals surface area (Å²) < 4.78 is 1.65. The van der Waals surface area contributed by atoms with E-state index in [4.69, 9.17) is 4.98 Å². The van der Waals surface area contributed by atoms with Crippen LogP contribution in [0.2, 0.25) is 0 Å². The molecule has 1 aliphatic rings. The average molecular weight is 502 g/mol. The van der Waals surface area contributed by atoms with Crippen LogP contribution in [0, 0.1) is 5.92 Å². The summed E-state index contributed by atoms with van der Waals surface area (Å²) in [6, 6.07) is 17.9. The largest absolute Gasteiger partial charge is 0.325 e. The van der Waals surface area contributed by atoms with Gasteiger partial charge in [0.1, 0.15) is 4.83 Å². The van der Waals surface area contributed by atoms with Crippen LogP contribution in [0.25, 0.3) is 21.3 Å². The molecule has 0 saturated heterocycles.